The lowest BCUT2D eigenvalue weighted by atomic mass is 10.1. The van der Waals surface area contributed by atoms with E-state index in [0.29, 0.717) is 10.7 Å². The first-order valence-corrected chi connectivity index (χ1v) is 6.33. The smallest absolute Gasteiger partial charge is 0.354 e. The van der Waals surface area contributed by atoms with Crippen molar-refractivity contribution in [1.82, 2.24) is 14.3 Å². The van der Waals surface area contributed by atoms with E-state index in [0.717, 1.165) is 23.4 Å². The van der Waals surface area contributed by atoms with Gasteiger partial charge in [0.15, 0.2) is 0 Å². The number of nitrogens with zero attached hydrogens (tertiary/aromatic N) is 3. The lowest BCUT2D eigenvalue weighted by Crippen LogP contribution is -2.09. The number of rotatable bonds is 3. The number of halogens is 1. The molecular weight excluding hydrogens is 266 g/mol. The molecule has 0 spiro atoms. The largest absolute Gasteiger partial charge is 0.464 e. The molecule has 0 radical (unpaired) electrons. The van der Waals surface area contributed by atoms with Gasteiger partial charge < -0.3 is 9.30 Å². The van der Waals surface area contributed by atoms with E-state index < -0.39 is 0 Å². The second kappa shape index (κ2) is 5.09. The van der Waals surface area contributed by atoms with Crippen LogP contribution in [0, 0.1) is 0 Å². The summed E-state index contributed by atoms with van der Waals surface area (Å²) in [6, 6.07) is 1.80. The van der Waals surface area contributed by atoms with E-state index in [1.807, 2.05) is 25.6 Å². The van der Waals surface area contributed by atoms with Crippen molar-refractivity contribution in [3.63, 3.8) is 0 Å². The van der Waals surface area contributed by atoms with Crippen LogP contribution in [-0.4, -0.2) is 27.4 Å². The van der Waals surface area contributed by atoms with Crippen LogP contribution < -0.4 is 0 Å². The number of aromatic nitrogens is 3. The summed E-state index contributed by atoms with van der Waals surface area (Å²) >= 11 is 6.17. The summed E-state index contributed by atoms with van der Waals surface area (Å²) < 4.78 is 8.34. The van der Waals surface area contributed by atoms with Gasteiger partial charge in [-0.1, -0.05) is 18.5 Å². The Bertz CT molecular complexity index is 609. The minimum atomic E-state index is -0.359. The van der Waals surface area contributed by atoms with Gasteiger partial charge in [0.2, 0.25) is 0 Å². The number of carbonyl (C=O) groups excluding carboxylic acids is 1. The van der Waals surface area contributed by atoms with Crippen LogP contribution in [0.1, 0.15) is 23.1 Å². The maximum Gasteiger partial charge on any atom is 0.354 e. The van der Waals surface area contributed by atoms with Crippen molar-refractivity contribution >= 4 is 17.6 Å². The Kier molecular flexibility index (Phi) is 3.66. The minimum absolute atomic E-state index is 0.359. The number of hydrogen-bond acceptors (Lipinski definition) is 3. The van der Waals surface area contributed by atoms with Gasteiger partial charge in [0.1, 0.15) is 5.69 Å². The molecule has 0 bridgehead atoms. The summed E-state index contributed by atoms with van der Waals surface area (Å²) in [5.74, 6) is -0.359. The van der Waals surface area contributed by atoms with Crippen molar-refractivity contribution in [2.24, 2.45) is 14.1 Å². The van der Waals surface area contributed by atoms with Gasteiger partial charge in [0.05, 0.1) is 24.0 Å². The van der Waals surface area contributed by atoms with E-state index >= 15 is 0 Å². The zero-order valence-corrected chi connectivity index (χ0v) is 12.2. The van der Waals surface area contributed by atoms with Crippen molar-refractivity contribution < 1.29 is 9.53 Å². The SMILES string of the molecule is CCc1c(-c2c(Cl)cnn2C)cc(C(=O)OC)n1C. The van der Waals surface area contributed by atoms with Crippen molar-refractivity contribution in [2.75, 3.05) is 7.11 Å². The Morgan fingerprint density at radius 2 is 2.16 bits per heavy atom. The normalized spacial score (nSPS) is 10.8. The third-order valence-corrected chi connectivity index (χ3v) is 3.51. The molecule has 0 aromatic carbocycles. The van der Waals surface area contributed by atoms with Crippen molar-refractivity contribution in [3.8, 4) is 11.3 Å². The van der Waals surface area contributed by atoms with Crippen LogP contribution in [0.2, 0.25) is 5.02 Å². The van der Waals surface area contributed by atoms with E-state index in [4.69, 9.17) is 16.3 Å². The zero-order valence-electron chi connectivity index (χ0n) is 11.4. The van der Waals surface area contributed by atoms with Crippen LogP contribution in [0.25, 0.3) is 11.3 Å². The van der Waals surface area contributed by atoms with Gasteiger partial charge in [0, 0.05) is 25.4 Å². The van der Waals surface area contributed by atoms with E-state index in [-0.39, 0.29) is 5.97 Å². The van der Waals surface area contributed by atoms with Crippen LogP contribution in [0.3, 0.4) is 0 Å². The molecule has 0 fully saturated rings. The standard InChI is InChI=1S/C13H16ClN3O2/c1-5-10-8(12-9(14)7-15-17(12)3)6-11(16(10)2)13(18)19-4/h6-7H,5H2,1-4H3. The van der Waals surface area contributed by atoms with E-state index in [2.05, 4.69) is 5.10 Å². The zero-order chi connectivity index (χ0) is 14.2. The fourth-order valence-corrected chi connectivity index (χ4v) is 2.56. The predicted molar refractivity (Wildman–Crippen MR) is 73.3 cm³/mol. The van der Waals surface area contributed by atoms with Gasteiger partial charge in [-0.05, 0) is 12.5 Å². The predicted octanol–water partition coefficient (Wildman–Crippen LogP) is 2.43. The summed E-state index contributed by atoms with van der Waals surface area (Å²) in [6.45, 7) is 2.03. The Balaban J connectivity index is 2.68. The van der Waals surface area contributed by atoms with Gasteiger partial charge in [-0.3, -0.25) is 4.68 Å². The summed E-state index contributed by atoms with van der Waals surface area (Å²) in [6.07, 6.45) is 2.38. The fraction of sp³-hybridized carbons (Fsp3) is 0.385. The Hall–Kier alpha value is -1.75. The summed E-state index contributed by atoms with van der Waals surface area (Å²) in [7, 11) is 5.04. The second-order valence-corrected chi connectivity index (χ2v) is 4.67. The first kappa shape index (κ1) is 13.7. The molecule has 102 valence electrons. The molecule has 0 unspecified atom stereocenters. The van der Waals surface area contributed by atoms with Crippen LogP contribution >= 0.6 is 11.6 Å². The van der Waals surface area contributed by atoms with Crippen LogP contribution in [0.4, 0.5) is 0 Å². The first-order valence-electron chi connectivity index (χ1n) is 5.96. The Morgan fingerprint density at radius 1 is 1.47 bits per heavy atom. The summed E-state index contributed by atoms with van der Waals surface area (Å²) in [5, 5.41) is 4.70. The molecule has 0 atom stereocenters. The highest BCUT2D eigenvalue weighted by Crippen LogP contribution is 2.32. The Morgan fingerprint density at radius 3 is 2.63 bits per heavy atom. The Labute approximate surface area is 116 Å². The molecule has 5 nitrogen and oxygen atoms in total. The van der Waals surface area contributed by atoms with Crippen LogP contribution in [0.5, 0.6) is 0 Å². The number of carbonyl (C=O) groups is 1. The fourth-order valence-electron chi connectivity index (χ4n) is 2.29. The number of hydrogen-bond donors (Lipinski definition) is 0. The van der Waals surface area contributed by atoms with Crippen LogP contribution in [-0.2, 0) is 25.3 Å². The molecule has 0 saturated carbocycles. The molecule has 19 heavy (non-hydrogen) atoms. The molecule has 0 N–H and O–H groups in total. The molecule has 2 heterocycles. The van der Waals surface area contributed by atoms with Gasteiger partial charge in [-0.2, -0.15) is 5.10 Å². The van der Waals surface area contributed by atoms with Gasteiger partial charge in [0.25, 0.3) is 0 Å². The minimum Gasteiger partial charge on any atom is -0.464 e. The number of methoxy groups -OCH3 is 1. The third kappa shape index (κ3) is 2.14. The highest BCUT2D eigenvalue weighted by Gasteiger charge is 2.21. The average Bonchev–Trinajstić information content (AvgIpc) is 2.89. The van der Waals surface area contributed by atoms with Gasteiger partial charge in [-0.15, -0.1) is 0 Å². The highest BCUT2D eigenvalue weighted by atomic mass is 35.5. The maximum absolute atomic E-state index is 11.8. The molecule has 0 amide bonds. The van der Waals surface area contributed by atoms with Gasteiger partial charge >= 0.3 is 5.97 Å². The quantitative estimate of drug-likeness (QED) is 0.812. The molecular formula is C13H16ClN3O2. The molecule has 0 aliphatic heterocycles. The number of ether oxygens (including phenoxy) is 1. The third-order valence-electron chi connectivity index (χ3n) is 3.24. The molecule has 2 aromatic rings. The highest BCUT2D eigenvalue weighted by molar-refractivity contribution is 6.33. The lowest BCUT2D eigenvalue weighted by molar-refractivity contribution is 0.0589. The lowest BCUT2D eigenvalue weighted by Gasteiger charge is -2.07. The van der Waals surface area contributed by atoms with Gasteiger partial charge in [-0.25, -0.2) is 4.79 Å². The average molecular weight is 282 g/mol. The molecule has 6 heteroatoms. The van der Waals surface area contributed by atoms with Crippen LogP contribution in [0.15, 0.2) is 12.3 Å². The molecule has 2 aromatic heterocycles. The molecule has 0 aliphatic rings. The summed E-state index contributed by atoms with van der Waals surface area (Å²) in [5.41, 5.74) is 3.25. The maximum atomic E-state index is 11.8. The van der Waals surface area contributed by atoms with Crippen molar-refractivity contribution in [3.05, 3.63) is 28.7 Å². The first-order chi connectivity index (χ1) is 9.01. The van der Waals surface area contributed by atoms with Crippen molar-refractivity contribution in [1.29, 1.82) is 0 Å². The topological polar surface area (TPSA) is 49.1 Å². The van der Waals surface area contributed by atoms with Crippen molar-refractivity contribution in [2.45, 2.75) is 13.3 Å². The van der Waals surface area contributed by atoms with E-state index in [9.17, 15) is 4.79 Å². The molecule has 0 aliphatic carbocycles. The number of esters is 1. The second-order valence-electron chi connectivity index (χ2n) is 4.26. The number of aryl methyl sites for hydroxylation is 1. The van der Waals surface area contributed by atoms with E-state index in [1.54, 1.807) is 16.9 Å². The van der Waals surface area contributed by atoms with E-state index in [1.165, 1.54) is 7.11 Å². The monoisotopic (exact) mass is 281 g/mol. The molecule has 2 rings (SSSR count). The summed E-state index contributed by atoms with van der Waals surface area (Å²) in [4.78, 5) is 11.8. The molecule has 0 saturated heterocycles.